The van der Waals surface area contributed by atoms with E-state index in [1.54, 1.807) is 54.6 Å². The van der Waals surface area contributed by atoms with Gasteiger partial charge in [-0.05, 0) is 59.3 Å². The van der Waals surface area contributed by atoms with Gasteiger partial charge >= 0.3 is 5.97 Å². The monoisotopic (exact) mass is 548 g/mol. The van der Waals surface area contributed by atoms with E-state index in [2.05, 4.69) is 15.9 Å². The summed E-state index contributed by atoms with van der Waals surface area (Å²) in [5.74, 6) is -1.24. The number of ether oxygens (including phenoxy) is 1. The molecule has 7 nitrogen and oxygen atoms in total. The number of methoxy groups -OCH3 is 1. The van der Waals surface area contributed by atoms with E-state index in [9.17, 15) is 18.0 Å². The first-order chi connectivity index (χ1) is 15.7. The fourth-order valence-electron chi connectivity index (χ4n) is 3.50. The van der Waals surface area contributed by atoms with Crippen LogP contribution in [0.5, 0.6) is 0 Å². The molecule has 1 aliphatic rings. The number of nitrogens with zero attached hydrogens (tertiary/aromatic N) is 2. The Balaban J connectivity index is 1.70. The molecule has 0 bridgehead atoms. The molecule has 1 amide bonds. The fraction of sp³-hybridized carbons (Fsp3) is 0.130. The first-order valence-corrected chi connectivity index (χ1v) is 12.4. The predicted molar refractivity (Wildman–Crippen MR) is 128 cm³/mol. The summed E-state index contributed by atoms with van der Waals surface area (Å²) < 4.78 is 33.3. The third kappa shape index (κ3) is 4.62. The van der Waals surface area contributed by atoms with Gasteiger partial charge in [0.25, 0.3) is 15.9 Å². The quantitative estimate of drug-likeness (QED) is 0.450. The van der Waals surface area contributed by atoms with E-state index in [4.69, 9.17) is 16.3 Å². The maximum atomic E-state index is 13.3. The second-order valence-corrected chi connectivity index (χ2v) is 10.5. The van der Waals surface area contributed by atoms with E-state index in [1.165, 1.54) is 18.1 Å². The van der Waals surface area contributed by atoms with E-state index >= 15 is 0 Å². The Morgan fingerprint density at radius 3 is 2.33 bits per heavy atom. The molecule has 1 aliphatic heterocycles. The average molecular weight is 550 g/mol. The van der Waals surface area contributed by atoms with Gasteiger partial charge in [0.2, 0.25) is 0 Å². The molecule has 3 aromatic carbocycles. The van der Waals surface area contributed by atoms with Crippen LogP contribution in [0, 0.1) is 0 Å². The van der Waals surface area contributed by atoms with Crippen LogP contribution in [-0.2, 0) is 19.6 Å². The lowest BCUT2D eigenvalue weighted by Crippen LogP contribution is -2.45. The van der Waals surface area contributed by atoms with Gasteiger partial charge in [0, 0.05) is 27.8 Å². The molecule has 0 aliphatic carbocycles. The molecule has 10 heteroatoms. The molecule has 0 unspecified atom stereocenters. The number of sulfonamides is 1. The fourth-order valence-corrected chi connectivity index (χ4v) is 5.29. The summed E-state index contributed by atoms with van der Waals surface area (Å²) in [6, 6.07) is 16.5. The Bertz CT molecular complexity index is 1390. The summed E-state index contributed by atoms with van der Waals surface area (Å²) in [5.41, 5.74) is 0.199. The van der Waals surface area contributed by atoms with Gasteiger partial charge in [0.1, 0.15) is 5.70 Å². The summed E-state index contributed by atoms with van der Waals surface area (Å²) in [6.07, 6.45) is 1.15. The van der Waals surface area contributed by atoms with Crippen LogP contribution in [-0.4, -0.2) is 49.7 Å². The van der Waals surface area contributed by atoms with Gasteiger partial charge < -0.3 is 4.74 Å². The number of hydrogen-bond donors (Lipinski definition) is 0. The molecule has 4 rings (SSSR count). The third-order valence-corrected chi connectivity index (χ3v) is 7.73. The minimum Gasteiger partial charge on any atom is -0.464 e. The van der Waals surface area contributed by atoms with Crippen molar-refractivity contribution >= 4 is 60.2 Å². The van der Waals surface area contributed by atoms with Crippen LogP contribution in [0.2, 0.25) is 5.02 Å². The maximum absolute atomic E-state index is 13.3. The molecule has 0 atom stereocenters. The van der Waals surface area contributed by atoms with Crippen LogP contribution in [0.1, 0.15) is 10.4 Å². The van der Waals surface area contributed by atoms with Crippen molar-refractivity contribution in [2.45, 2.75) is 4.90 Å². The summed E-state index contributed by atoms with van der Waals surface area (Å²) in [4.78, 5) is 26.8. The highest BCUT2D eigenvalue weighted by Gasteiger charge is 2.34. The van der Waals surface area contributed by atoms with Crippen molar-refractivity contribution < 1.29 is 22.7 Å². The minimum atomic E-state index is -3.99. The van der Waals surface area contributed by atoms with Gasteiger partial charge in [-0.25, -0.2) is 13.2 Å². The molecule has 0 fully saturated rings. The van der Waals surface area contributed by atoms with Gasteiger partial charge in [-0.3, -0.25) is 14.0 Å². The maximum Gasteiger partial charge on any atom is 0.356 e. The normalized spacial score (nSPS) is 14.2. The third-order valence-electron chi connectivity index (χ3n) is 5.21. The van der Waals surface area contributed by atoms with Gasteiger partial charge in [-0.1, -0.05) is 39.7 Å². The molecule has 1 heterocycles. The van der Waals surface area contributed by atoms with Gasteiger partial charge in [-0.2, -0.15) is 0 Å². The lowest BCUT2D eigenvalue weighted by Gasteiger charge is -2.33. The molecular formula is C23H18BrClN2O5S. The van der Waals surface area contributed by atoms with Crippen molar-refractivity contribution in [2.24, 2.45) is 0 Å². The summed E-state index contributed by atoms with van der Waals surface area (Å²) >= 11 is 9.33. The summed E-state index contributed by atoms with van der Waals surface area (Å²) in [7, 11) is -2.81. The first-order valence-electron chi connectivity index (χ1n) is 9.79. The van der Waals surface area contributed by atoms with Crippen molar-refractivity contribution in [1.29, 1.82) is 0 Å². The molecule has 0 N–H and O–H groups in total. The first kappa shape index (κ1) is 23.3. The summed E-state index contributed by atoms with van der Waals surface area (Å²) in [5, 5.41) is 2.06. The van der Waals surface area contributed by atoms with Crippen LogP contribution < -0.4 is 0 Å². The standard InChI is InChI=1S/C23H18BrClN2O5S/c1-32-23(29)21-14-26(10-11-27(21)22(28)15-2-6-18(24)7-3-15)33(30,31)20-9-5-16-12-19(25)8-4-17(16)13-20/h2-9,12-14H,10-11H2,1H3. The highest BCUT2D eigenvalue weighted by molar-refractivity contribution is 9.10. The number of esters is 1. The molecule has 0 radical (unpaired) electrons. The molecular weight excluding hydrogens is 532 g/mol. The van der Waals surface area contributed by atoms with E-state index < -0.39 is 21.9 Å². The molecule has 170 valence electrons. The van der Waals surface area contributed by atoms with Gasteiger partial charge in [-0.15, -0.1) is 0 Å². The Labute approximate surface area is 204 Å². The smallest absolute Gasteiger partial charge is 0.356 e. The van der Waals surface area contributed by atoms with Gasteiger partial charge in [0.05, 0.1) is 18.6 Å². The number of carbonyl (C=O) groups is 2. The molecule has 0 saturated heterocycles. The molecule has 0 saturated carbocycles. The predicted octanol–water partition coefficient (Wildman–Crippen LogP) is 4.42. The number of hydrogen-bond acceptors (Lipinski definition) is 5. The van der Waals surface area contributed by atoms with E-state index in [1.807, 2.05) is 0 Å². The number of fused-ring (bicyclic) bond motifs is 1. The van der Waals surface area contributed by atoms with Crippen LogP contribution in [0.15, 0.2) is 81.9 Å². The Kier molecular flexibility index (Phi) is 6.47. The van der Waals surface area contributed by atoms with Crippen LogP contribution in [0.25, 0.3) is 10.8 Å². The van der Waals surface area contributed by atoms with Crippen molar-refractivity contribution in [1.82, 2.24) is 9.21 Å². The highest BCUT2D eigenvalue weighted by atomic mass is 79.9. The average Bonchev–Trinajstić information content (AvgIpc) is 2.82. The zero-order chi connectivity index (χ0) is 23.8. The Hall–Kier alpha value is -2.88. The van der Waals surface area contributed by atoms with Crippen molar-refractivity contribution in [3.8, 4) is 0 Å². The number of carbonyl (C=O) groups excluding carboxylic acids is 2. The van der Waals surface area contributed by atoms with Gasteiger partial charge in [0.15, 0.2) is 0 Å². The molecule has 3 aromatic rings. The van der Waals surface area contributed by atoms with Crippen molar-refractivity contribution in [3.63, 3.8) is 0 Å². The number of benzene rings is 3. The zero-order valence-corrected chi connectivity index (χ0v) is 20.5. The van der Waals surface area contributed by atoms with Crippen LogP contribution >= 0.6 is 27.5 Å². The van der Waals surface area contributed by atoms with Crippen molar-refractivity contribution in [2.75, 3.05) is 20.2 Å². The van der Waals surface area contributed by atoms with Crippen LogP contribution in [0.3, 0.4) is 0 Å². The zero-order valence-electron chi connectivity index (χ0n) is 17.4. The lowest BCUT2D eigenvalue weighted by molar-refractivity contribution is -0.137. The highest BCUT2D eigenvalue weighted by Crippen LogP contribution is 2.27. The van der Waals surface area contributed by atoms with E-state index in [-0.39, 0.29) is 23.7 Å². The van der Waals surface area contributed by atoms with E-state index in [0.29, 0.717) is 16.0 Å². The number of rotatable bonds is 4. The Morgan fingerprint density at radius 1 is 0.970 bits per heavy atom. The lowest BCUT2D eigenvalue weighted by atomic mass is 10.1. The van der Waals surface area contributed by atoms with E-state index in [0.717, 1.165) is 20.4 Å². The Morgan fingerprint density at radius 2 is 1.64 bits per heavy atom. The molecule has 0 aromatic heterocycles. The van der Waals surface area contributed by atoms with Crippen molar-refractivity contribution in [3.05, 3.63) is 87.6 Å². The molecule has 0 spiro atoms. The van der Waals surface area contributed by atoms with Crippen LogP contribution in [0.4, 0.5) is 0 Å². The largest absolute Gasteiger partial charge is 0.464 e. The minimum absolute atomic E-state index is 0.0156. The second kappa shape index (κ2) is 9.17. The summed E-state index contributed by atoms with van der Waals surface area (Å²) in [6.45, 7) is -0.0397. The number of halogens is 2. The topological polar surface area (TPSA) is 84.0 Å². The molecule has 33 heavy (non-hydrogen) atoms. The SMILES string of the molecule is COC(=O)C1=CN(S(=O)(=O)c2ccc3cc(Cl)ccc3c2)CCN1C(=O)c1ccc(Br)cc1. The second-order valence-electron chi connectivity index (χ2n) is 7.24. The number of amides is 1.